The molecule has 14 heavy (non-hydrogen) atoms. The minimum atomic E-state index is -0.145. The molecule has 0 unspecified atom stereocenters. The number of hydrogen-bond donors (Lipinski definition) is 1. The standard InChI is InChI=1S/C11H15BrFN/c1-7(2)14-6-9-5-11(13)8(3)4-10(9)12/h4-5,7,14H,6H2,1-3H3. The highest BCUT2D eigenvalue weighted by molar-refractivity contribution is 9.10. The first kappa shape index (κ1) is 11.7. The molecular formula is C11H15BrFN. The summed E-state index contributed by atoms with van der Waals surface area (Å²) in [6.07, 6.45) is 0. The minimum absolute atomic E-state index is 0.145. The van der Waals surface area contributed by atoms with Gasteiger partial charge < -0.3 is 5.32 Å². The van der Waals surface area contributed by atoms with Crippen LogP contribution in [0.1, 0.15) is 25.0 Å². The van der Waals surface area contributed by atoms with Crippen LogP contribution in [-0.2, 0) is 6.54 Å². The van der Waals surface area contributed by atoms with Gasteiger partial charge >= 0.3 is 0 Å². The highest BCUT2D eigenvalue weighted by Gasteiger charge is 2.05. The molecule has 0 saturated heterocycles. The summed E-state index contributed by atoms with van der Waals surface area (Å²) in [5, 5.41) is 3.25. The van der Waals surface area contributed by atoms with Gasteiger partial charge in [0.2, 0.25) is 0 Å². The summed E-state index contributed by atoms with van der Waals surface area (Å²) < 4.78 is 14.2. The van der Waals surface area contributed by atoms with Crippen molar-refractivity contribution in [1.29, 1.82) is 0 Å². The van der Waals surface area contributed by atoms with Crippen LogP contribution >= 0.6 is 15.9 Å². The van der Waals surface area contributed by atoms with Crippen molar-refractivity contribution in [2.45, 2.75) is 33.4 Å². The highest BCUT2D eigenvalue weighted by Crippen LogP contribution is 2.20. The third-order valence-corrected chi connectivity index (χ3v) is 2.77. The lowest BCUT2D eigenvalue weighted by atomic mass is 10.1. The Kier molecular flexibility index (Phi) is 4.08. The predicted octanol–water partition coefficient (Wildman–Crippen LogP) is 3.39. The Morgan fingerprint density at radius 2 is 2.07 bits per heavy atom. The summed E-state index contributed by atoms with van der Waals surface area (Å²) in [6, 6.07) is 3.80. The Hall–Kier alpha value is -0.410. The Bertz CT molecular complexity index is 323. The topological polar surface area (TPSA) is 12.0 Å². The smallest absolute Gasteiger partial charge is 0.126 e. The normalized spacial score (nSPS) is 11.0. The average molecular weight is 260 g/mol. The molecule has 1 N–H and O–H groups in total. The summed E-state index contributed by atoms with van der Waals surface area (Å²) in [6.45, 7) is 6.59. The van der Waals surface area contributed by atoms with Crippen LogP contribution in [-0.4, -0.2) is 6.04 Å². The Balaban J connectivity index is 2.82. The molecule has 1 aromatic rings. The van der Waals surface area contributed by atoms with Gasteiger partial charge in [-0.05, 0) is 30.2 Å². The van der Waals surface area contributed by atoms with E-state index < -0.39 is 0 Å². The lowest BCUT2D eigenvalue weighted by molar-refractivity contribution is 0.578. The van der Waals surface area contributed by atoms with Crippen LogP contribution in [0.3, 0.4) is 0 Å². The van der Waals surface area contributed by atoms with E-state index in [4.69, 9.17) is 0 Å². The molecule has 0 saturated carbocycles. The fraction of sp³-hybridized carbons (Fsp3) is 0.455. The van der Waals surface area contributed by atoms with Gasteiger partial charge in [0.05, 0.1) is 0 Å². The second kappa shape index (κ2) is 4.89. The molecule has 0 radical (unpaired) electrons. The summed E-state index contributed by atoms with van der Waals surface area (Å²) >= 11 is 3.42. The molecule has 0 fully saturated rings. The van der Waals surface area contributed by atoms with Crippen molar-refractivity contribution in [3.63, 3.8) is 0 Å². The van der Waals surface area contributed by atoms with E-state index in [2.05, 4.69) is 35.1 Å². The molecule has 78 valence electrons. The molecule has 0 aliphatic heterocycles. The quantitative estimate of drug-likeness (QED) is 0.878. The molecule has 1 nitrogen and oxygen atoms in total. The molecule has 0 bridgehead atoms. The van der Waals surface area contributed by atoms with Gasteiger partial charge in [-0.15, -0.1) is 0 Å². The lowest BCUT2D eigenvalue weighted by Gasteiger charge is -2.10. The van der Waals surface area contributed by atoms with Gasteiger partial charge in [-0.1, -0.05) is 29.8 Å². The molecule has 0 aliphatic carbocycles. The molecule has 0 spiro atoms. The van der Waals surface area contributed by atoms with Gasteiger partial charge in [0.1, 0.15) is 5.82 Å². The Morgan fingerprint density at radius 1 is 1.43 bits per heavy atom. The summed E-state index contributed by atoms with van der Waals surface area (Å²) in [4.78, 5) is 0. The third-order valence-electron chi connectivity index (χ3n) is 2.03. The molecule has 0 heterocycles. The second-order valence-corrected chi connectivity index (χ2v) is 4.58. The van der Waals surface area contributed by atoms with Crippen molar-refractivity contribution in [3.8, 4) is 0 Å². The van der Waals surface area contributed by atoms with Gasteiger partial charge in [-0.3, -0.25) is 0 Å². The van der Waals surface area contributed by atoms with Crippen LogP contribution in [0.5, 0.6) is 0 Å². The fourth-order valence-electron chi connectivity index (χ4n) is 1.14. The highest BCUT2D eigenvalue weighted by atomic mass is 79.9. The third kappa shape index (κ3) is 3.07. The van der Waals surface area contributed by atoms with Gasteiger partial charge in [0.15, 0.2) is 0 Å². The van der Waals surface area contributed by atoms with Crippen molar-refractivity contribution in [3.05, 3.63) is 33.5 Å². The fourth-order valence-corrected chi connectivity index (χ4v) is 1.74. The molecule has 0 aromatic heterocycles. The Labute approximate surface area is 92.8 Å². The van der Waals surface area contributed by atoms with Crippen molar-refractivity contribution in [2.24, 2.45) is 0 Å². The first-order valence-electron chi connectivity index (χ1n) is 4.68. The zero-order valence-electron chi connectivity index (χ0n) is 8.70. The largest absolute Gasteiger partial charge is 0.310 e. The molecular weight excluding hydrogens is 245 g/mol. The van der Waals surface area contributed by atoms with E-state index in [1.165, 1.54) is 0 Å². The average Bonchev–Trinajstić information content (AvgIpc) is 2.09. The van der Waals surface area contributed by atoms with Gasteiger partial charge in [0, 0.05) is 17.1 Å². The van der Waals surface area contributed by atoms with E-state index in [0.29, 0.717) is 18.2 Å². The summed E-state index contributed by atoms with van der Waals surface area (Å²) in [5.41, 5.74) is 1.63. The van der Waals surface area contributed by atoms with Crippen LogP contribution < -0.4 is 5.32 Å². The maximum atomic E-state index is 13.2. The van der Waals surface area contributed by atoms with E-state index in [0.717, 1.165) is 10.0 Å². The minimum Gasteiger partial charge on any atom is -0.310 e. The molecule has 0 amide bonds. The maximum Gasteiger partial charge on any atom is 0.126 e. The van der Waals surface area contributed by atoms with Gasteiger partial charge in [-0.25, -0.2) is 4.39 Å². The monoisotopic (exact) mass is 259 g/mol. The first-order valence-corrected chi connectivity index (χ1v) is 5.48. The number of hydrogen-bond acceptors (Lipinski definition) is 1. The SMILES string of the molecule is Cc1cc(Br)c(CNC(C)C)cc1F. The van der Waals surface area contributed by atoms with E-state index in [9.17, 15) is 4.39 Å². The van der Waals surface area contributed by atoms with Crippen LogP contribution in [0, 0.1) is 12.7 Å². The van der Waals surface area contributed by atoms with Crippen LogP contribution in [0.15, 0.2) is 16.6 Å². The first-order chi connectivity index (χ1) is 6.50. The molecule has 0 atom stereocenters. The van der Waals surface area contributed by atoms with E-state index >= 15 is 0 Å². The van der Waals surface area contributed by atoms with Gasteiger partial charge in [0.25, 0.3) is 0 Å². The molecule has 1 rings (SSSR count). The number of rotatable bonds is 3. The zero-order valence-corrected chi connectivity index (χ0v) is 10.3. The van der Waals surface area contributed by atoms with Crippen molar-refractivity contribution in [2.75, 3.05) is 0 Å². The van der Waals surface area contributed by atoms with Crippen molar-refractivity contribution < 1.29 is 4.39 Å². The van der Waals surface area contributed by atoms with E-state index in [1.54, 1.807) is 13.0 Å². The summed E-state index contributed by atoms with van der Waals surface area (Å²) in [7, 11) is 0. The van der Waals surface area contributed by atoms with Crippen molar-refractivity contribution >= 4 is 15.9 Å². The van der Waals surface area contributed by atoms with Crippen LogP contribution in [0.25, 0.3) is 0 Å². The van der Waals surface area contributed by atoms with Crippen molar-refractivity contribution in [1.82, 2.24) is 5.32 Å². The van der Waals surface area contributed by atoms with E-state index in [-0.39, 0.29) is 5.82 Å². The number of nitrogens with one attached hydrogen (secondary N) is 1. The zero-order chi connectivity index (χ0) is 10.7. The number of halogens is 2. The lowest BCUT2D eigenvalue weighted by Crippen LogP contribution is -2.22. The van der Waals surface area contributed by atoms with Gasteiger partial charge in [-0.2, -0.15) is 0 Å². The number of benzene rings is 1. The van der Waals surface area contributed by atoms with Crippen LogP contribution in [0.4, 0.5) is 4.39 Å². The number of aryl methyl sites for hydroxylation is 1. The maximum absolute atomic E-state index is 13.2. The van der Waals surface area contributed by atoms with Crippen LogP contribution in [0.2, 0.25) is 0 Å². The Morgan fingerprint density at radius 3 is 2.64 bits per heavy atom. The molecule has 0 aliphatic rings. The second-order valence-electron chi connectivity index (χ2n) is 3.73. The van der Waals surface area contributed by atoms with E-state index in [1.807, 2.05) is 6.07 Å². The molecule has 1 aromatic carbocycles. The predicted molar refractivity (Wildman–Crippen MR) is 60.8 cm³/mol. The molecule has 3 heteroatoms. The summed E-state index contributed by atoms with van der Waals surface area (Å²) in [5.74, 6) is -0.145.